The van der Waals surface area contributed by atoms with E-state index in [9.17, 15) is 44.7 Å². The maximum atomic E-state index is 14.2. The number of carbonyl (C=O) groups is 4. The quantitative estimate of drug-likeness (QED) is 0.142. The molecule has 13 nitrogen and oxygen atoms in total. The number of esters is 2. The summed E-state index contributed by atoms with van der Waals surface area (Å²) in [5, 5.41) is 60.5. The molecule has 2 bridgehead atoms. The van der Waals surface area contributed by atoms with Crippen LogP contribution >= 0.6 is 0 Å². The number of carbonyl (C=O) groups excluding carboxylic acids is 4. The number of amides is 1. The molecule has 0 aromatic carbocycles. The Balaban J connectivity index is 0.00000506. The van der Waals surface area contributed by atoms with Crippen LogP contribution in [-0.4, -0.2) is 110 Å². The van der Waals surface area contributed by atoms with Crippen LogP contribution in [0, 0.1) is 60.8 Å². The molecule has 43 heavy (non-hydrogen) atoms. The molecule has 14 heteroatoms. The van der Waals surface area contributed by atoms with Crippen LogP contribution in [0.5, 0.6) is 0 Å². The average Bonchev–Trinajstić information content (AvgIpc) is 2.90. The van der Waals surface area contributed by atoms with Crippen LogP contribution in [0.2, 0.25) is 0 Å². The van der Waals surface area contributed by atoms with Crippen molar-refractivity contribution in [2.24, 2.45) is 16.7 Å². The summed E-state index contributed by atoms with van der Waals surface area (Å²) >= 11 is 0. The second-order valence-electron chi connectivity index (χ2n) is 13.0. The normalized spacial score (nSPS) is 41.1. The first-order valence-corrected chi connectivity index (χ1v) is 14.3. The maximum absolute atomic E-state index is 14.2. The first kappa shape index (κ1) is 36.5. The van der Waals surface area contributed by atoms with E-state index < -0.39 is 101 Å². The molecule has 6 N–H and O–H groups in total. The third-order valence-electron chi connectivity index (χ3n) is 10.3. The van der Waals surface area contributed by atoms with Gasteiger partial charge in [-0.3, -0.25) is 14.4 Å². The zero-order valence-electron chi connectivity index (χ0n) is 25.6. The van der Waals surface area contributed by atoms with Crippen LogP contribution in [0.1, 0.15) is 67.7 Å². The van der Waals surface area contributed by atoms with E-state index in [-0.39, 0.29) is 74.7 Å². The third-order valence-corrected chi connectivity index (χ3v) is 10.3. The molecule has 0 aromatic heterocycles. The molecular formula is C29H43AcNO12. The van der Waals surface area contributed by atoms with Gasteiger partial charge < -0.3 is 45.1 Å². The van der Waals surface area contributed by atoms with Crippen molar-refractivity contribution >= 4 is 23.6 Å². The fourth-order valence-corrected chi connectivity index (χ4v) is 7.66. The summed E-state index contributed by atoms with van der Waals surface area (Å²) in [5.74, 6) is -4.64. The van der Waals surface area contributed by atoms with Gasteiger partial charge in [0.2, 0.25) is 5.91 Å². The van der Waals surface area contributed by atoms with Crippen molar-refractivity contribution in [2.45, 2.75) is 122 Å². The van der Waals surface area contributed by atoms with Gasteiger partial charge in [-0.1, -0.05) is 20.8 Å². The topological polar surface area (TPSA) is 209 Å². The number of aliphatic hydroxyl groups is 5. The van der Waals surface area contributed by atoms with Gasteiger partial charge >= 0.3 is 11.9 Å². The summed E-state index contributed by atoms with van der Waals surface area (Å²) in [5.41, 5.74) is -7.11. The van der Waals surface area contributed by atoms with Crippen LogP contribution in [0.3, 0.4) is 0 Å². The molecule has 1 amide bonds. The van der Waals surface area contributed by atoms with Crippen LogP contribution in [0.25, 0.3) is 0 Å². The van der Waals surface area contributed by atoms with E-state index in [4.69, 9.17) is 14.2 Å². The molecule has 1 heterocycles. The molecular weight excluding hydrogens is 781 g/mol. The molecule has 4 aliphatic rings. The molecule has 0 aromatic rings. The summed E-state index contributed by atoms with van der Waals surface area (Å²) in [7, 11) is 0. The zero-order valence-corrected chi connectivity index (χ0v) is 30.4. The van der Waals surface area contributed by atoms with Gasteiger partial charge in [0.05, 0.1) is 30.3 Å². The van der Waals surface area contributed by atoms with Crippen molar-refractivity contribution < 1.29 is 103 Å². The fourth-order valence-electron chi connectivity index (χ4n) is 7.66. The Labute approximate surface area is 286 Å². The number of hydrogen-bond acceptors (Lipinski definition) is 12. The predicted molar refractivity (Wildman–Crippen MR) is 143 cm³/mol. The van der Waals surface area contributed by atoms with E-state index in [1.807, 2.05) is 0 Å². The number of hydrogen-bond donors (Lipinski definition) is 6. The molecule has 2 saturated carbocycles. The number of ether oxygens (including phenoxy) is 3. The standard InChI is InChI=1S/C29H43NO12.Ac/c1-8-18(33)42-24-22-27(7,16(32)9-17-28(22,38)11-40-17)23(36)21(35)19-12(2)15(10-29(24,39)26(19,5)6)41-25(37)20(34)13(3)30-14(4)31;/h13,15-17,20-22,24,32,34-35,38-39H,8-11H2,1-7H3,(H,30,31);/t13-,15?,16-,17+,20+,21+,22-,24-,27+,28-,29+;/m0./s1. The summed E-state index contributed by atoms with van der Waals surface area (Å²) in [6.45, 7) is 9.90. The molecule has 1 radical (unpaired) electrons. The van der Waals surface area contributed by atoms with E-state index in [0.29, 0.717) is 0 Å². The Kier molecular flexibility index (Phi) is 10.5. The van der Waals surface area contributed by atoms with Crippen molar-refractivity contribution in [3.8, 4) is 0 Å². The molecule has 1 saturated heterocycles. The molecule has 11 atom stereocenters. The van der Waals surface area contributed by atoms with Gasteiger partial charge in [0.15, 0.2) is 11.9 Å². The average molecular weight is 825 g/mol. The van der Waals surface area contributed by atoms with Gasteiger partial charge in [-0.25, -0.2) is 4.79 Å². The first-order chi connectivity index (χ1) is 19.3. The number of ketones is 1. The molecule has 1 aliphatic heterocycles. The van der Waals surface area contributed by atoms with Gasteiger partial charge in [0.1, 0.15) is 29.5 Å². The minimum atomic E-state index is -2.17. The van der Waals surface area contributed by atoms with Crippen molar-refractivity contribution in [1.29, 1.82) is 0 Å². The first-order valence-electron chi connectivity index (χ1n) is 14.3. The number of fused-ring (bicyclic) bond motifs is 5. The minimum absolute atomic E-state index is 0. The largest absolute Gasteiger partial charge is 0.459 e. The Bertz CT molecular complexity index is 1210. The molecule has 1 unspecified atom stereocenters. The smallest absolute Gasteiger partial charge is 0.337 e. The predicted octanol–water partition coefficient (Wildman–Crippen LogP) is -0.956. The summed E-state index contributed by atoms with van der Waals surface area (Å²) in [6, 6.07) is -1.02. The van der Waals surface area contributed by atoms with Crippen LogP contribution < -0.4 is 5.32 Å². The molecule has 3 fully saturated rings. The van der Waals surface area contributed by atoms with Crippen LogP contribution in [0.4, 0.5) is 0 Å². The van der Waals surface area contributed by atoms with Gasteiger partial charge in [0.25, 0.3) is 0 Å². The van der Waals surface area contributed by atoms with E-state index in [1.165, 1.54) is 34.6 Å². The van der Waals surface area contributed by atoms with Crippen molar-refractivity contribution in [2.75, 3.05) is 6.61 Å². The van der Waals surface area contributed by atoms with Gasteiger partial charge in [-0.05, 0) is 31.9 Å². The molecule has 0 spiro atoms. The number of Topliss-reactive ketones (excluding diaryl/α,β-unsaturated/α-hetero) is 1. The number of nitrogens with one attached hydrogen (secondary N) is 1. The van der Waals surface area contributed by atoms with E-state index >= 15 is 0 Å². The third kappa shape index (κ3) is 5.45. The SMILES string of the molecule is CCC(=O)O[C@H]1[C@@H]2[C@]3(O)CO[C@@H]3C[C@H](O)[C@@]2(C)C(=O)[C@H](O)C2=C(C)C(OC(=O)[C@H](O)[C@H](C)NC(C)=O)C[C@]1(O)C2(C)C.[Ac]. The van der Waals surface area contributed by atoms with Gasteiger partial charge in [-0.15, -0.1) is 0 Å². The van der Waals surface area contributed by atoms with Gasteiger partial charge in [-0.2, -0.15) is 0 Å². The molecule has 239 valence electrons. The van der Waals surface area contributed by atoms with Crippen molar-refractivity contribution in [3.63, 3.8) is 0 Å². The maximum Gasteiger partial charge on any atom is 0.337 e. The number of rotatable bonds is 6. The number of aliphatic hydroxyl groups excluding tert-OH is 3. The van der Waals surface area contributed by atoms with E-state index in [0.717, 1.165) is 0 Å². The van der Waals surface area contributed by atoms with Crippen LogP contribution in [0.15, 0.2) is 11.1 Å². The molecule has 4 rings (SSSR count). The second kappa shape index (κ2) is 12.3. The van der Waals surface area contributed by atoms with Crippen LogP contribution in [-0.2, 0) is 33.4 Å². The second-order valence-corrected chi connectivity index (χ2v) is 13.0. The van der Waals surface area contributed by atoms with Gasteiger partial charge in [0, 0.05) is 81.6 Å². The summed E-state index contributed by atoms with van der Waals surface area (Å²) < 4.78 is 17.1. The monoisotopic (exact) mass is 824 g/mol. The van der Waals surface area contributed by atoms with E-state index in [1.54, 1.807) is 13.8 Å². The minimum Gasteiger partial charge on any atom is -0.459 e. The Morgan fingerprint density at radius 1 is 1.14 bits per heavy atom. The van der Waals surface area contributed by atoms with Crippen molar-refractivity contribution in [1.82, 2.24) is 5.32 Å². The van der Waals surface area contributed by atoms with Crippen molar-refractivity contribution in [3.05, 3.63) is 11.1 Å². The summed E-state index contributed by atoms with van der Waals surface area (Å²) in [6.07, 6.45) is -9.62. The summed E-state index contributed by atoms with van der Waals surface area (Å²) in [4.78, 5) is 51.6. The zero-order chi connectivity index (χ0) is 31.7. The Hall–Kier alpha value is -0.978. The van der Waals surface area contributed by atoms with E-state index in [2.05, 4.69) is 5.32 Å². The Morgan fingerprint density at radius 2 is 1.74 bits per heavy atom. The Morgan fingerprint density at radius 3 is 2.26 bits per heavy atom. The molecule has 3 aliphatic carbocycles. The fraction of sp³-hybridized carbons (Fsp3) is 0.793.